The molecule has 0 spiro atoms. The number of aromatic hydroxyl groups is 1. The zero-order valence-corrected chi connectivity index (χ0v) is 22.4. The highest BCUT2D eigenvalue weighted by atomic mass is 16.3. The summed E-state index contributed by atoms with van der Waals surface area (Å²) in [5, 5.41) is 9.76. The van der Waals surface area contributed by atoms with E-state index in [1.807, 2.05) is 0 Å². The van der Waals surface area contributed by atoms with Crippen molar-refractivity contribution in [1.82, 2.24) is 0 Å². The Hall–Kier alpha value is -5.86. The molecule has 2 heteroatoms. The Kier molecular flexibility index (Phi) is 2.79. The quantitative estimate of drug-likeness (QED) is 0.211. The van der Waals surface area contributed by atoms with Gasteiger partial charge in [0, 0.05) is 10.8 Å². The molecule has 0 aliphatic rings. The predicted octanol–water partition coefficient (Wildman–Crippen LogP) is 11.8. The topological polar surface area (TPSA) is 33.4 Å². The summed E-state index contributed by atoms with van der Waals surface area (Å²) in [5.74, 6) is -0.949. The summed E-state index contributed by atoms with van der Waals surface area (Å²) in [6, 6.07) is -3.15. The smallest absolute Gasteiger partial charge is 0.135 e. The first-order valence-corrected chi connectivity index (χ1v) is 13.4. The van der Waals surface area contributed by atoms with Gasteiger partial charge in [-0.15, -0.1) is 0 Å². The highest BCUT2D eigenvalue weighted by Gasteiger charge is 2.19. The molecule has 0 saturated heterocycles. The van der Waals surface area contributed by atoms with Crippen LogP contribution in [0.5, 0.6) is 5.75 Å². The summed E-state index contributed by atoms with van der Waals surface area (Å²) in [5.41, 5.74) is -1.33. The monoisotopic (exact) mass is 580 g/mol. The van der Waals surface area contributed by atoms with Crippen LogP contribution in [0, 0.1) is 0 Å². The largest absolute Gasteiger partial charge is 0.508 e. The second-order valence-corrected chi connectivity index (χ2v) is 10.0. The maximum atomic E-state index is 11.6. The summed E-state index contributed by atoms with van der Waals surface area (Å²) >= 11 is 0. The Labute approximate surface area is 279 Å². The summed E-state index contributed by atoms with van der Waals surface area (Å²) in [6.07, 6.45) is 0. The first-order chi connectivity index (χ1) is 29.2. The zero-order valence-electron chi connectivity index (χ0n) is 40.4. The third kappa shape index (κ3) is 3.68. The second kappa shape index (κ2) is 9.58. The number of benzene rings is 8. The van der Waals surface area contributed by atoms with Gasteiger partial charge in [-0.25, -0.2) is 0 Å². The lowest BCUT2D eigenvalue weighted by Gasteiger charge is -2.19. The average molecular weight is 581 g/mol. The molecular formula is C42H26O2. The number of rotatable bonds is 3. The lowest BCUT2D eigenvalue weighted by molar-refractivity contribution is 0.476. The fourth-order valence-corrected chi connectivity index (χ4v) is 5.83. The number of phenols is 1. The maximum Gasteiger partial charge on any atom is 0.135 e. The van der Waals surface area contributed by atoms with Crippen LogP contribution >= 0.6 is 0 Å². The molecule has 0 amide bonds. The first-order valence-electron chi connectivity index (χ1n) is 22.4. The Morgan fingerprint density at radius 1 is 0.455 bits per heavy atom. The van der Waals surface area contributed by atoms with E-state index in [4.69, 9.17) is 19.5 Å². The van der Waals surface area contributed by atoms with Gasteiger partial charge in [0.1, 0.15) is 16.9 Å². The minimum Gasteiger partial charge on any atom is -0.508 e. The van der Waals surface area contributed by atoms with Crippen molar-refractivity contribution in [1.29, 1.82) is 0 Å². The van der Waals surface area contributed by atoms with E-state index in [1.165, 1.54) is 6.07 Å². The van der Waals surface area contributed by atoms with Gasteiger partial charge < -0.3 is 9.52 Å². The molecular weight excluding hydrogens is 536 g/mol. The molecule has 206 valence electrons. The van der Waals surface area contributed by atoms with Crippen LogP contribution < -0.4 is 0 Å². The van der Waals surface area contributed by atoms with E-state index in [-0.39, 0.29) is 16.5 Å². The fourth-order valence-electron chi connectivity index (χ4n) is 5.83. The van der Waals surface area contributed by atoms with Crippen molar-refractivity contribution in [2.75, 3.05) is 0 Å². The van der Waals surface area contributed by atoms with Crippen LogP contribution in [-0.4, -0.2) is 5.11 Å². The molecule has 0 aliphatic heterocycles. The highest BCUT2D eigenvalue weighted by molar-refractivity contribution is 6.24. The number of para-hydroxylation sites is 1. The predicted molar refractivity (Wildman–Crippen MR) is 184 cm³/mol. The second-order valence-electron chi connectivity index (χ2n) is 10.0. The average Bonchev–Trinajstić information content (AvgIpc) is 3.64. The van der Waals surface area contributed by atoms with Crippen LogP contribution in [0.15, 0.2) is 156 Å². The Bertz CT molecular complexity index is 3470. The fraction of sp³-hybridized carbons (Fsp3) is 0. The Balaban J connectivity index is 1.61. The lowest BCUT2D eigenvalue weighted by Crippen LogP contribution is -1.92. The molecule has 0 saturated carbocycles. The number of fused-ring (bicyclic) bond motifs is 6. The minimum atomic E-state index is -0.949. The van der Waals surface area contributed by atoms with Crippen LogP contribution in [0.3, 0.4) is 0 Å². The molecule has 0 radical (unpaired) electrons. The van der Waals surface area contributed by atoms with E-state index in [0.717, 1.165) is 0 Å². The third-order valence-electron chi connectivity index (χ3n) is 7.65. The van der Waals surface area contributed by atoms with Crippen molar-refractivity contribution in [3.63, 3.8) is 0 Å². The van der Waals surface area contributed by atoms with Crippen molar-refractivity contribution in [2.24, 2.45) is 0 Å². The lowest BCUT2D eigenvalue weighted by atomic mass is 9.84. The Morgan fingerprint density at radius 2 is 1.09 bits per heavy atom. The van der Waals surface area contributed by atoms with Crippen LogP contribution in [0.1, 0.15) is 24.7 Å². The van der Waals surface area contributed by atoms with E-state index >= 15 is 0 Å². The molecule has 9 aromatic rings. The summed E-state index contributed by atoms with van der Waals surface area (Å²) in [4.78, 5) is 0. The molecule has 0 aliphatic carbocycles. The normalized spacial score (nSPS) is 17.5. The molecule has 2 nitrogen and oxygen atoms in total. The first kappa shape index (κ1) is 12.8. The number of hydrogen-bond donors (Lipinski definition) is 1. The highest BCUT2D eigenvalue weighted by Crippen LogP contribution is 2.47. The van der Waals surface area contributed by atoms with E-state index in [1.54, 1.807) is 36.4 Å². The molecule has 1 heterocycles. The van der Waals surface area contributed by atoms with Gasteiger partial charge in [-0.2, -0.15) is 0 Å². The molecule has 8 aromatic carbocycles. The van der Waals surface area contributed by atoms with Crippen LogP contribution in [0.25, 0.3) is 87.6 Å². The van der Waals surface area contributed by atoms with E-state index in [2.05, 4.69) is 0 Å². The van der Waals surface area contributed by atoms with E-state index in [0.29, 0.717) is 21.9 Å². The molecule has 0 atom stereocenters. The van der Waals surface area contributed by atoms with Gasteiger partial charge >= 0.3 is 0 Å². The molecule has 0 bridgehead atoms. The van der Waals surface area contributed by atoms with Gasteiger partial charge in [0.15, 0.2) is 0 Å². The van der Waals surface area contributed by atoms with Gasteiger partial charge in [-0.3, -0.25) is 0 Å². The van der Waals surface area contributed by atoms with Crippen molar-refractivity contribution in [3.8, 4) is 39.1 Å². The molecule has 1 N–H and O–H groups in total. The van der Waals surface area contributed by atoms with E-state index in [9.17, 15) is 14.7 Å². The maximum absolute atomic E-state index is 11.6. The van der Waals surface area contributed by atoms with Gasteiger partial charge in [0.25, 0.3) is 0 Å². The number of furan rings is 1. The molecule has 9 rings (SSSR count). The summed E-state index contributed by atoms with van der Waals surface area (Å²) < 4.78 is 168. The van der Waals surface area contributed by atoms with Gasteiger partial charge in [-0.05, 0) is 96.0 Å². The van der Waals surface area contributed by atoms with Crippen molar-refractivity contribution < 1.29 is 34.2 Å². The minimum absolute atomic E-state index is 0.173. The standard InChI is InChI=1S/C42H26O2/c43-28-24-36(27-21-22-40-38(23-27)30-13-8-9-20-39(30)44-40)29-18-10-19-35(37(29)25-28)42-33-16-6-4-14-31(33)41(26-11-2-1-3-12-26)32-15-5-7-17-34(32)42/h1-25,43H/i1D,2D,3D,4D,5D,6D,7D,10D,11D,12D,14D,15D,16D,17D,18D,19D,24D,25D. The van der Waals surface area contributed by atoms with Crippen LogP contribution in [-0.2, 0) is 0 Å². The van der Waals surface area contributed by atoms with Gasteiger partial charge in [0.05, 0.1) is 24.7 Å². The number of phenolic OH excluding ortho intramolecular Hbond substituents is 1. The van der Waals surface area contributed by atoms with Crippen LogP contribution in [0.2, 0.25) is 0 Å². The number of hydrogen-bond acceptors (Lipinski definition) is 2. The van der Waals surface area contributed by atoms with Gasteiger partial charge in [-0.1, -0.05) is 121 Å². The van der Waals surface area contributed by atoms with Crippen molar-refractivity contribution in [2.45, 2.75) is 0 Å². The van der Waals surface area contributed by atoms with E-state index < -0.39 is 164 Å². The molecule has 0 fully saturated rings. The molecule has 1 aromatic heterocycles. The SMILES string of the molecule is [2H]c1c([2H])c([2H])c(-c2c3c([2H])c([2H])c([2H])c([2H])c3c(-c3c([2H])c([2H])c([2H])c4c(-c5ccc6oc7ccccc7c6c5)c([2H])c(O)c([2H])c34)c3c([2H])c([2H])c([2H])c([2H])c23)c([2H])c1[2H]. The van der Waals surface area contributed by atoms with Crippen molar-refractivity contribution in [3.05, 3.63) is 151 Å². The summed E-state index contributed by atoms with van der Waals surface area (Å²) in [7, 11) is 0. The Morgan fingerprint density at radius 3 is 1.84 bits per heavy atom. The molecule has 0 unspecified atom stereocenters. The summed E-state index contributed by atoms with van der Waals surface area (Å²) in [6.45, 7) is 0. The zero-order chi connectivity index (χ0) is 44.9. The van der Waals surface area contributed by atoms with Crippen molar-refractivity contribution >= 4 is 54.3 Å². The van der Waals surface area contributed by atoms with Crippen LogP contribution in [0.4, 0.5) is 0 Å². The third-order valence-corrected chi connectivity index (χ3v) is 7.65. The molecule has 44 heavy (non-hydrogen) atoms. The van der Waals surface area contributed by atoms with Gasteiger partial charge in [0.2, 0.25) is 0 Å².